The van der Waals surface area contributed by atoms with Crippen LogP contribution in [0.15, 0.2) is 23.0 Å². The highest BCUT2D eigenvalue weighted by Crippen LogP contribution is 2.28. The third-order valence-corrected chi connectivity index (χ3v) is 3.92. The highest BCUT2D eigenvalue weighted by molar-refractivity contribution is 6.36. The first-order valence-electron chi connectivity index (χ1n) is 6.58. The average Bonchev–Trinajstić information content (AvgIpc) is 2.43. The second-order valence-corrected chi connectivity index (χ2v) is 5.99. The van der Waals surface area contributed by atoms with Crippen LogP contribution in [-0.4, -0.2) is 15.3 Å². The number of H-pyrrole nitrogens is 1. The summed E-state index contributed by atoms with van der Waals surface area (Å²) in [6.45, 7) is 3.78. The van der Waals surface area contributed by atoms with Gasteiger partial charge in [-0.3, -0.25) is 4.79 Å². The Morgan fingerprint density at radius 1 is 1.24 bits per heavy atom. The predicted octanol–water partition coefficient (Wildman–Crippen LogP) is 3.28. The molecule has 2 aromatic rings. The number of nitrogens with zero attached hydrogens (tertiary/aromatic N) is 1. The number of aliphatic hydroxyl groups excluding tert-OH is 1. The summed E-state index contributed by atoms with van der Waals surface area (Å²) in [6.07, 6.45) is 0.417. The minimum absolute atomic E-state index is 0.109. The Labute approximate surface area is 132 Å². The number of rotatable bonds is 4. The highest BCUT2D eigenvalue weighted by Gasteiger charge is 2.12. The largest absolute Gasteiger partial charge is 0.392 e. The van der Waals surface area contributed by atoms with Crippen LogP contribution in [0.4, 0.5) is 0 Å². The van der Waals surface area contributed by atoms with E-state index >= 15 is 0 Å². The van der Waals surface area contributed by atoms with Gasteiger partial charge in [0.15, 0.2) is 0 Å². The van der Waals surface area contributed by atoms with Crippen LogP contribution >= 0.6 is 23.2 Å². The zero-order valence-corrected chi connectivity index (χ0v) is 13.3. The maximum atomic E-state index is 11.7. The van der Waals surface area contributed by atoms with Crippen LogP contribution in [0.3, 0.4) is 0 Å². The number of aliphatic hydroxyl groups is 1. The maximum Gasteiger partial charge on any atom is 0.267 e. The number of hydrogen-bond acceptors (Lipinski definition) is 3. The molecule has 21 heavy (non-hydrogen) atoms. The number of aromatic nitrogens is 2. The Kier molecular flexibility index (Phi) is 5.04. The van der Waals surface area contributed by atoms with Crippen molar-refractivity contribution in [2.75, 3.05) is 0 Å². The van der Waals surface area contributed by atoms with Gasteiger partial charge < -0.3 is 5.11 Å². The lowest BCUT2D eigenvalue weighted by atomic mass is 10.0. The van der Waals surface area contributed by atoms with Crippen molar-refractivity contribution in [3.05, 3.63) is 61.0 Å². The topological polar surface area (TPSA) is 66.0 Å². The molecule has 0 aliphatic carbocycles. The van der Waals surface area contributed by atoms with Gasteiger partial charge in [0.1, 0.15) is 0 Å². The van der Waals surface area contributed by atoms with Crippen LogP contribution in [0.25, 0.3) is 0 Å². The van der Waals surface area contributed by atoms with Gasteiger partial charge in [-0.1, -0.05) is 37.0 Å². The molecule has 0 amide bonds. The smallest absolute Gasteiger partial charge is 0.267 e. The summed E-state index contributed by atoms with van der Waals surface area (Å²) in [5.74, 6) is 0.109. The molecule has 4 nitrogen and oxygen atoms in total. The monoisotopic (exact) mass is 326 g/mol. The molecular formula is C15H16Cl2N2O2. The van der Waals surface area contributed by atoms with Gasteiger partial charge in [-0.05, 0) is 35.2 Å². The summed E-state index contributed by atoms with van der Waals surface area (Å²) < 4.78 is 0. The molecule has 112 valence electrons. The summed E-state index contributed by atoms with van der Waals surface area (Å²) in [6, 6.07) is 5.13. The van der Waals surface area contributed by atoms with Crippen molar-refractivity contribution in [2.24, 2.45) is 0 Å². The fraction of sp³-hybridized carbons (Fsp3) is 0.333. The van der Waals surface area contributed by atoms with Crippen molar-refractivity contribution < 1.29 is 5.11 Å². The molecule has 0 unspecified atom stereocenters. The van der Waals surface area contributed by atoms with Crippen LogP contribution in [0.1, 0.15) is 42.1 Å². The lowest BCUT2D eigenvalue weighted by Crippen LogP contribution is -2.17. The number of nitrogens with one attached hydrogen (secondary N) is 1. The zero-order chi connectivity index (χ0) is 15.6. The summed E-state index contributed by atoms with van der Waals surface area (Å²) in [7, 11) is 0. The molecule has 1 aromatic heterocycles. The van der Waals surface area contributed by atoms with Gasteiger partial charge in [-0.2, -0.15) is 5.10 Å². The van der Waals surface area contributed by atoms with Gasteiger partial charge in [0.25, 0.3) is 5.56 Å². The Morgan fingerprint density at radius 2 is 1.86 bits per heavy atom. The maximum absolute atomic E-state index is 11.7. The molecule has 1 heterocycles. The van der Waals surface area contributed by atoms with E-state index in [1.807, 2.05) is 13.8 Å². The van der Waals surface area contributed by atoms with Crippen LogP contribution in [0.2, 0.25) is 10.0 Å². The predicted molar refractivity (Wildman–Crippen MR) is 84.1 cm³/mol. The number of halogens is 2. The molecule has 0 spiro atoms. The van der Waals surface area contributed by atoms with Gasteiger partial charge in [0, 0.05) is 22.0 Å². The van der Waals surface area contributed by atoms with Crippen LogP contribution in [-0.2, 0) is 13.0 Å². The fourth-order valence-corrected chi connectivity index (χ4v) is 2.75. The molecule has 0 atom stereocenters. The van der Waals surface area contributed by atoms with E-state index in [4.69, 9.17) is 28.3 Å². The van der Waals surface area contributed by atoms with Gasteiger partial charge in [-0.15, -0.1) is 0 Å². The molecule has 0 aliphatic heterocycles. The van der Waals surface area contributed by atoms with Crippen molar-refractivity contribution in [3.63, 3.8) is 0 Å². The van der Waals surface area contributed by atoms with Gasteiger partial charge in [-0.25, -0.2) is 5.10 Å². The lowest BCUT2D eigenvalue weighted by Gasteiger charge is -2.10. The van der Waals surface area contributed by atoms with Crippen LogP contribution in [0, 0.1) is 0 Å². The second-order valence-electron chi connectivity index (χ2n) is 5.17. The first-order chi connectivity index (χ1) is 9.92. The molecule has 2 rings (SSSR count). The van der Waals surface area contributed by atoms with Crippen molar-refractivity contribution >= 4 is 23.2 Å². The number of aromatic amines is 1. The normalized spacial score (nSPS) is 11.1. The van der Waals surface area contributed by atoms with Crippen LogP contribution in [0.5, 0.6) is 0 Å². The fourth-order valence-electron chi connectivity index (χ4n) is 2.08. The molecule has 6 heteroatoms. The Bertz CT molecular complexity index is 688. The SMILES string of the molecule is CC(C)c1cc(Cc2c(Cl)cc(CO)cc2Cl)n[nH]c1=O. The standard InChI is InChI=1S/C15H16Cl2N2O2/c1-8(2)11-5-10(18-19-15(11)21)6-12-13(16)3-9(7-20)4-14(12)17/h3-5,8,20H,6-7H2,1-2H3,(H,19,21). The minimum atomic E-state index is -0.179. The molecule has 0 aliphatic rings. The molecular weight excluding hydrogens is 311 g/mol. The first-order valence-corrected chi connectivity index (χ1v) is 7.34. The van der Waals surface area contributed by atoms with E-state index in [0.29, 0.717) is 33.3 Å². The molecule has 0 fully saturated rings. The second kappa shape index (κ2) is 6.60. The molecule has 1 aromatic carbocycles. The molecule has 0 radical (unpaired) electrons. The summed E-state index contributed by atoms with van der Waals surface area (Å²) >= 11 is 12.4. The van der Waals surface area contributed by atoms with E-state index in [1.165, 1.54) is 0 Å². The van der Waals surface area contributed by atoms with Gasteiger partial charge in [0.2, 0.25) is 0 Å². The van der Waals surface area contributed by atoms with E-state index < -0.39 is 0 Å². The third kappa shape index (κ3) is 3.64. The third-order valence-electron chi connectivity index (χ3n) is 3.25. The van der Waals surface area contributed by atoms with Crippen molar-refractivity contribution in [1.82, 2.24) is 10.2 Å². The summed E-state index contributed by atoms with van der Waals surface area (Å²) in [4.78, 5) is 11.7. The van der Waals surface area contributed by atoms with E-state index in [0.717, 1.165) is 5.56 Å². The van der Waals surface area contributed by atoms with E-state index in [9.17, 15) is 4.79 Å². The van der Waals surface area contributed by atoms with Gasteiger partial charge >= 0.3 is 0 Å². The van der Waals surface area contributed by atoms with Crippen molar-refractivity contribution in [1.29, 1.82) is 0 Å². The Balaban J connectivity index is 2.39. The highest BCUT2D eigenvalue weighted by atomic mass is 35.5. The van der Waals surface area contributed by atoms with Crippen molar-refractivity contribution in [3.8, 4) is 0 Å². The lowest BCUT2D eigenvalue weighted by molar-refractivity contribution is 0.282. The number of hydrogen-bond donors (Lipinski definition) is 2. The molecule has 2 N–H and O–H groups in total. The summed E-state index contributed by atoms with van der Waals surface area (Å²) in [5, 5.41) is 16.6. The van der Waals surface area contributed by atoms with Gasteiger partial charge in [0.05, 0.1) is 12.3 Å². The van der Waals surface area contributed by atoms with E-state index in [1.54, 1.807) is 18.2 Å². The zero-order valence-electron chi connectivity index (χ0n) is 11.8. The summed E-state index contributed by atoms with van der Waals surface area (Å²) in [5.41, 5.74) is 2.58. The molecule has 0 saturated heterocycles. The Morgan fingerprint density at radius 3 is 2.38 bits per heavy atom. The Hall–Kier alpha value is -1.36. The van der Waals surface area contributed by atoms with Crippen molar-refractivity contribution in [2.45, 2.75) is 32.8 Å². The van der Waals surface area contributed by atoms with Crippen LogP contribution < -0.4 is 5.56 Å². The average molecular weight is 327 g/mol. The molecule has 0 bridgehead atoms. The number of benzene rings is 1. The van der Waals surface area contributed by atoms with E-state index in [-0.39, 0.29) is 18.1 Å². The quantitative estimate of drug-likeness (QED) is 0.906. The minimum Gasteiger partial charge on any atom is -0.392 e. The first kappa shape index (κ1) is 16.0. The molecule has 0 saturated carbocycles. The van der Waals surface area contributed by atoms with E-state index in [2.05, 4.69) is 10.2 Å².